The van der Waals surface area contributed by atoms with Crippen molar-refractivity contribution in [2.45, 2.75) is 39.5 Å². The molecule has 0 aliphatic heterocycles. The monoisotopic (exact) mass is 378 g/mol. The molecule has 0 bridgehead atoms. The van der Waals surface area contributed by atoms with Crippen molar-refractivity contribution in [3.05, 3.63) is 41.1 Å². The molecule has 9 heteroatoms. The molecule has 0 amide bonds. The summed E-state index contributed by atoms with van der Waals surface area (Å²) in [4.78, 5) is 24.6. The molecule has 1 heterocycles. The molecule has 0 spiro atoms. The molecular formula is C15H25N3O5V. The Morgan fingerprint density at radius 3 is 1.46 bits per heavy atom. The Balaban J connectivity index is -0.000000367. The summed E-state index contributed by atoms with van der Waals surface area (Å²) in [6.45, 7) is 5.12. The van der Waals surface area contributed by atoms with Crippen molar-refractivity contribution in [1.82, 2.24) is 4.98 Å². The zero-order valence-electron chi connectivity index (χ0n) is 14.0. The number of pyridine rings is 1. The van der Waals surface area contributed by atoms with Crippen molar-refractivity contribution in [1.29, 1.82) is 0 Å². The number of aliphatic carboxylic acids is 2. The topological polar surface area (TPSA) is 152 Å². The summed E-state index contributed by atoms with van der Waals surface area (Å²) in [5.74, 6) is -1.96. The van der Waals surface area contributed by atoms with Crippen molar-refractivity contribution in [2.24, 2.45) is 0 Å². The van der Waals surface area contributed by atoms with E-state index in [1.807, 2.05) is 13.8 Å². The number of nitrogens with zero attached hydrogens (tertiary/aromatic N) is 1. The number of nitrogens with one attached hydrogen (secondary N) is 2. The van der Waals surface area contributed by atoms with Gasteiger partial charge in [0, 0.05) is 0 Å². The number of hydrogen-bond donors (Lipinski definition) is 2. The molecule has 135 valence electrons. The van der Waals surface area contributed by atoms with Gasteiger partial charge in [-0.3, -0.25) is 14.6 Å². The Bertz CT molecular complexity index is 408. The van der Waals surface area contributed by atoms with Gasteiger partial charge in [-0.2, -0.15) is 13.1 Å². The van der Waals surface area contributed by atoms with E-state index in [1.165, 1.54) is 0 Å². The van der Waals surface area contributed by atoms with Crippen LogP contribution in [0.15, 0.2) is 18.2 Å². The van der Waals surface area contributed by atoms with Crippen LogP contribution < -0.4 is 0 Å². The second kappa shape index (κ2) is 21.4. The molecule has 0 aliphatic carbocycles. The van der Waals surface area contributed by atoms with Crippen molar-refractivity contribution >= 4 is 11.9 Å². The molecule has 0 fully saturated rings. The van der Waals surface area contributed by atoms with Gasteiger partial charge >= 0.3 is 33.0 Å². The third-order valence-corrected chi connectivity index (χ3v) is 2.03. The first-order chi connectivity index (χ1) is 11.4. The average Bonchev–Trinajstić information content (AvgIpc) is 2.56. The standard InChI is InChI=1S/C9H9NO4.2C3H8N.O.V/c11-8(12)4-6-2-1-3-7(10-6)5-9(13)14;2*1-2-3-4;;/h1-3H,4-5H2,(H,11,12)(H,13,14);2*4H,2-3H2,1H3;;/q;2*-1;;+2. The van der Waals surface area contributed by atoms with Gasteiger partial charge in [-0.25, -0.2) is 0 Å². The van der Waals surface area contributed by atoms with Gasteiger partial charge in [0.15, 0.2) is 0 Å². The van der Waals surface area contributed by atoms with Crippen molar-refractivity contribution in [2.75, 3.05) is 13.1 Å². The van der Waals surface area contributed by atoms with E-state index in [1.54, 1.807) is 18.2 Å². The zero-order chi connectivity index (χ0) is 19.4. The normalized spacial score (nSPS) is 8.42. The van der Waals surface area contributed by atoms with Gasteiger partial charge in [0.1, 0.15) is 0 Å². The van der Waals surface area contributed by atoms with Crippen LogP contribution >= 0.6 is 0 Å². The van der Waals surface area contributed by atoms with Crippen LogP contribution in [-0.4, -0.2) is 40.2 Å². The Labute approximate surface area is 151 Å². The molecular weight excluding hydrogens is 353 g/mol. The van der Waals surface area contributed by atoms with Gasteiger partial charge in [0.25, 0.3) is 0 Å². The van der Waals surface area contributed by atoms with Crippen LogP contribution in [0.3, 0.4) is 0 Å². The van der Waals surface area contributed by atoms with Crippen LogP contribution in [0.4, 0.5) is 0 Å². The van der Waals surface area contributed by atoms with E-state index in [2.05, 4.69) is 4.98 Å². The van der Waals surface area contributed by atoms with Crippen LogP contribution in [0, 0.1) is 0 Å². The van der Waals surface area contributed by atoms with Gasteiger partial charge in [0.2, 0.25) is 0 Å². The quantitative estimate of drug-likeness (QED) is 0.775. The predicted molar refractivity (Wildman–Crippen MR) is 86.6 cm³/mol. The summed E-state index contributed by atoms with van der Waals surface area (Å²) < 4.78 is 8.19. The molecule has 0 saturated heterocycles. The molecule has 0 radical (unpaired) electrons. The van der Waals surface area contributed by atoms with Gasteiger partial charge in [-0.05, 0) is 12.1 Å². The number of rotatable bonds is 6. The first-order valence-corrected chi connectivity index (χ1v) is 7.83. The summed E-state index contributed by atoms with van der Waals surface area (Å²) in [7, 11) is 0. The summed E-state index contributed by atoms with van der Waals surface area (Å²) in [5.41, 5.74) is 13.6. The van der Waals surface area contributed by atoms with E-state index in [9.17, 15) is 9.59 Å². The van der Waals surface area contributed by atoms with Crippen LogP contribution in [0.5, 0.6) is 0 Å². The molecule has 0 saturated carbocycles. The third-order valence-electron chi connectivity index (χ3n) is 2.03. The van der Waals surface area contributed by atoms with E-state index >= 15 is 0 Å². The van der Waals surface area contributed by atoms with Crippen LogP contribution in [0.1, 0.15) is 38.1 Å². The molecule has 1 aromatic rings. The van der Waals surface area contributed by atoms with Gasteiger partial charge in [-0.1, -0.05) is 32.8 Å². The fourth-order valence-electron chi connectivity index (χ4n) is 1.04. The second-order valence-corrected chi connectivity index (χ2v) is 4.26. The van der Waals surface area contributed by atoms with Crippen molar-refractivity contribution < 1.29 is 40.8 Å². The molecule has 0 atom stereocenters. The molecule has 8 nitrogen and oxygen atoms in total. The molecule has 0 aromatic carbocycles. The fourth-order valence-corrected chi connectivity index (χ4v) is 1.04. The fraction of sp³-hybridized carbons (Fsp3) is 0.533. The summed E-state index contributed by atoms with van der Waals surface area (Å²) >= 11 is 1.06. The predicted octanol–water partition coefficient (Wildman–Crippen LogP) is 3.11. The van der Waals surface area contributed by atoms with E-state index < -0.39 is 11.9 Å². The van der Waals surface area contributed by atoms with E-state index in [4.69, 9.17) is 25.4 Å². The van der Waals surface area contributed by atoms with Crippen LogP contribution in [0.25, 0.3) is 11.5 Å². The third kappa shape index (κ3) is 22.7. The Kier molecular flexibility index (Phi) is 24.3. The number of carbonyl (C=O) groups is 2. The Morgan fingerprint density at radius 2 is 1.25 bits per heavy atom. The summed E-state index contributed by atoms with van der Waals surface area (Å²) in [6.07, 6.45) is 1.60. The molecule has 1 rings (SSSR count). The maximum absolute atomic E-state index is 10.3. The van der Waals surface area contributed by atoms with E-state index in [0.29, 0.717) is 24.5 Å². The molecule has 4 N–H and O–H groups in total. The first kappa shape index (κ1) is 27.3. The molecule has 1 aromatic heterocycles. The van der Waals surface area contributed by atoms with E-state index in [0.717, 1.165) is 30.2 Å². The van der Waals surface area contributed by atoms with Crippen LogP contribution in [-0.2, 0) is 43.5 Å². The SMILES string of the molecule is CCC[NH-].CCC[NH-].O=C(O)Cc1cccc(CC(=O)O)n1.[O]=[V+2]. The second-order valence-electron chi connectivity index (χ2n) is 4.26. The summed E-state index contributed by atoms with van der Waals surface area (Å²) in [6, 6.07) is 4.71. The minimum atomic E-state index is -0.982. The van der Waals surface area contributed by atoms with Gasteiger partial charge in [0.05, 0.1) is 24.2 Å². The molecule has 0 aliphatic rings. The number of carboxylic acids is 2. The number of carboxylic acid groups (broad SMARTS) is 2. The Morgan fingerprint density at radius 1 is 0.958 bits per heavy atom. The van der Waals surface area contributed by atoms with Gasteiger partial charge in [-0.15, -0.1) is 0 Å². The van der Waals surface area contributed by atoms with E-state index in [-0.39, 0.29) is 12.8 Å². The van der Waals surface area contributed by atoms with Crippen molar-refractivity contribution in [3.8, 4) is 0 Å². The zero-order valence-corrected chi connectivity index (χ0v) is 15.4. The molecule has 0 unspecified atom stereocenters. The number of hydrogen-bond acceptors (Lipinski definition) is 4. The number of aromatic nitrogens is 1. The maximum atomic E-state index is 10.3. The summed E-state index contributed by atoms with van der Waals surface area (Å²) in [5, 5.41) is 17.0. The average molecular weight is 378 g/mol. The van der Waals surface area contributed by atoms with Crippen LogP contribution in [0.2, 0.25) is 0 Å². The van der Waals surface area contributed by atoms with Gasteiger partial charge < -0.3 is 21.7 Å². The Hall–Kier alpha value is -1.61. The molecule has 24 heavy (non-hydrogen) atoms. The minimum absolute atomic E-state index is 0.187. The van der Waals surface area contributed by atoms with Crippen molar-refractivity contribution in [3.63, 3.8) is 0 Å². The first-order valence-electron chi connectivity index (χ1n) is 7.26.